The standard InChI is InChI=1S/C7H11NO2/c9-7(8-10)6-4-2-1-3-5-6/h1-2,6,10H,3-5H2,(H,8,9). The van der Waals surface area contributed by atoms with Gasteiger partial charge in [-0.15, -0.1) is 0 Å². The molecule has 1 amide bonds. The topological polar surface area (TPSA) is 49.3 Å². The van der Waals surface area contributed by atoms with Crippen LogP contribution in [0.25, 0.3) is 0 Å². The SMILES string of the molecule is O=C(NO)C1CC=CCC1. The fourth-order valence-corrected chi connectivity index (χ4v) is 1.12. The fourth-order valence-electron chi connectivity index (χ4n) is 1.12. The molecule has 1 aliphatic carbocycles. The van der Waals surface area contributed by atoms with Crippen LogP contribution in [0.5, 0.6) is 0 Å². The number of hydrogen-bond acceptors (Lipinski definition) is 2. The molecular weight excluding hydrogens is 130 g/mol. The Morgan fingerprint density at radius 3 is 2.90 bits per heavy atom. The summed E-state index contributed by atoms with van der Waals surface area (Å²) in [5.41, 5.74) is 1.66. The van der Waals surface area contributed by atoms with E-state index in [9.17, 15) is 4.79 Å². The first-order chi connectivity index (χ1) is 4.84. The first-order valence-electron chi connectivity index (χ1n) is 3.43. The van der Waals surface area contributed by atoms with E-state index in [-0.39, 0.29) is 11.8 Å². The van der Waals surface area contributed by atoms with Crippen molar-refractivity contribution in [2.45, 2.75) is 19.3 Å². The summed E-state index contributed by atoms with van der Waals surface area (Å²) in [6.07, 6.45) is 6.58. The lowest BCUT2D eigenvalue weighted by molar-refractivity contribution is -0.133. The fraction of sp³-hybridized carbons (Fsp3) is 0.571. The van der Waals surface area contributed by atoms with E-state index in [0.717, 1.165) is 19.3 Å². The lowest BCUT2D eigenvalue weighted by Crippen LogP contribution is -2.28. The van der Waals surface area contributed by atoms with Gasteiger partial charge in [0.05, 0.1) is 0 Å². The van der Waals surface area contributed by atoms with Gasteiger partial charge in [0.2, 0.25) is 5.91 Å². The first-order valence-corrected chi connectivity index (χ1v) is 3.43. The largest absolute Gasteiger partial charge is 0.289 e. The molecule has 0 aromatic rings. The van der Waals surface area contributed by atoms with Gasteiger partial charge in [0.1, 0.15) is 0 Å². The quantitative estimate of drug-likeness (QED) is 0.323. The van der Waals surface area contributed by atoms with Gasteiger partial charge in [-0.3, -0.25) is 10.0 Å². The van der Waals surface area contributed by atoms with Crippen molar-refractivity contribution in [1.82, 2.24) is 5.48 Å². The average Bonchev–Trinajstić information content (AvgIpc) is 2.05. The van der Waals surface area contributed by atoms with Crippen molar-refractivity contribution in [2.75, 3.05) is 0 Å². The predicted molar refractivity (Wildman–Crippen MR) is 36.4 cm³/mol. The highest BCUT2D eigenvalue weighted by molar-refractivity contribution is 5.77. The molecule has 0 bridgehead atoms. The summed E-state index contributed by atoms with van der Waals surface area (Å²) in [5.74, 6) is -0.278. The zero-order valence-electron chi connectivity index (χ0n) is 5.71. The number of carbonyl (C=O) groups excluding carboxylic acids is 1. The normalized spacial score (nSPS) is 24.3. The van der Waals surface area contributed by atoms with Gasteiger partial charge in [0, 0.05) is 5.92 Å². The molecule has 3 heteroatoms. The summed E-state index contributed by atoms with van der Waals surface area (Å²) in [6.45, 7) is 0. The number of amides is 1. The number of carbonyl (C=O) groups is 1. The molecule has 0 saturated carbocycles. The van der Waals surface area contributed by atoms with Crippen molar-refractivity contribution >= 4 is 5.91 Å². The van der Waals surface area contributed by atoms with Crippen molar-refractivity contribution in [3.8, 4) is 0 Å². The lowest BCUT2D eigenvalue weighted by Gasteiger charge is -2.14. The molecule has 1 unspecified atom stereocenters. The summed E-state index contributed by atoms with van der Waals surface area (Å²) >= 11 is 0. The van der Waals surface area contributed by atoms with Crippen LogP contribution in [0.15, 0.2) is 12.2 Å². The number of rotatable bonds is 1. The van der Waals surface area contributed by atoms with Gasteiger partial charge in [0.25, 0.3) is 0 Å². The molecule has 0 saturated heterocycles. The van der Waals surface area contributed by atoms with Gasteiger partial charge in [0.15, 0.2) is 0 Å². The highest BCUT2D eigenvalue weighted by Gasteiger charge is 2.17. The molecule has 56 valence electrons. The second kappa shape index (κ2) is 3.37. The maximum absolute atomic E-state index is 10.8. The van der Waals surface area contributed by atoms with Crippen molar-refractivity contribution in [2.24, 2.45) is 5.92 Å². The van der Waals surface area contributed by atoms with E-state index in [0.29, 0.717) is 0 Å². The first kappa shape index (κ1) is 7.28. The van der Waals surface area contributed by atoms with Crippen LogP contribution in [0.2, 0.25) is 0 Å². The molecule has 1 rings (SSSR count). The van der Waals surface area contributed by atoms with E-state index < -0.39 is 0 Å². The van der Waals surface area contributed by atoms with Gasteiger partial charge < -0.3 is 0 Å². The smallest absolute Gasteiger partial charge is 0.246 e. The van der Waals surface area contributed by atoms with Crippen molar-refractivity contribution < 1.29 is 10.0 Å². The summed E-state index contributed by atoms with van der Waals surface area (Å²) in [5, 5.41) is 8.26. The maximum atomic E-state index is 10.8. The highest BCUT2D eigenvalue weighted by Crippen LogP contribution is 2.17. The summed E-state index contributed by atoms with van der Waals surface area (Å²) in [6, 6.07) is 0. The Balaban J connectivity index is 2.41. The van der Waals surface area contributed by atoms with Gasteiger partial charge >= 0.3 is 0 Å². The minimum Gasteiger partial charge on any atom is -0.289 e. The van der Waals surface area contributed by atoms with Crippen molar-refractivity contribution in [1.29, 1.82) is 0 Å². The molecule has 3 nitrogen and oxygen atoms in total. The van der Waals surface area contributed by atoms with E-state index >= 15 is 0 Å². The van der Waals surface area contributed by atoms with E-state index in [1.54, 1.807) is 5.48 Å². The molecule has 1 aliphatic rings. The summed E-state index contributed by atoms with van der Waals surface area (Å²) in [4.78, 5) is 10.8. The minimum atomic E-state index is -0.260. The third-order valence-electron chi connectivity index (χ3n) is 1.75. The second-order valence-electron chi connectivity index (χ2n) is 2.46. The Hall–Kier alpha value is -0.830. The Morgan fingerprint density at radius 1 is 1.60 bits per heavy atom. The van der Waals surface area contributed by atoms with Crippen LogP contribution in [0.3, 0.4) is 0 Å². The Bertz CT molecular complexity index is 154. The van der Waals surface area contributed by atoms with Crippen LogP contribution in [0.1, 0.15) is 19.3 Å². The Morgan fingerprint density at radius 2 is 2.40 bits per heavy atom. The van der Waals surface area contributed by atoms with E-state index in [4.69, 9.17) is 5.21 Å². The molecule has 0 spiro atoms. The van der Waals surface area contributed by atoms with Gasteiger partial charge in [-0.05, 0) is 19.3 Å². The Labute approximate surface area is 59.7 Å². The van der Waals surface area contributed by atoms with Crippen LogP contribution in [-0.2, 0) is 4.79 Å². The van der Waals surface area contributed by atoms with Crippen molar-refractivity contribution in [3.05, 3.63) is 12.2 Å². The number of allylic oxidation sites excluding steroid dienone is 2. The second-order valence-corrected chi connectivity index (χ2v) is 2.46. The average molecular weight is 141 g/mol. The molecule has 0 heterocycles. The monoisotopic (exact) mass is 141 g/mol. The predicted octanol–water partition coefficient (Wildman–Crippen LogP) is 0.848. The molecule has 0 aromatic carbocycles. The molecular formula is C7H11NO2. The van der Waals surface area contributed by atoms with Crippen molar-refractivity contribution in [3.63, 3.8) is 0 Å². The number of hydroxylamine groups is 1. The van der Waals surface area contributed by atoms with E-state index in [1.807, 2.05) is 6.08 Å². The molecule has 10 heavy (non-hydrogen) atoms. The number of hydrogen-bond donors (Lipinski definition) is 2. The van der Waals surface area contributed by atoms with E-state index in [1.165, 1.54) is 0 Å². The zero-order chi connectivity index (χ0) is 7.40. The van der Waals surface area contributed by atoms with Gasteiger partial charge in [-0.2, -0.15) is 0 Å². The van der Waals surface area contributed by atoms with Gasteiger partial charge in [-0.25, -0.2) is 5.48 Å². The zero-order valence-corrected chi connectivity index (χ0v) is 5.71. The molecule has 0 aromatic heterocycles. The Kier molecular flexibility index (Phi) is 2.45. The molecule has 0 radical (unpaired) electrons. The van der Waals surface area contributed by atoms with Gasteiger partial charge in [-0.1, -0.05) is 12.2 Å². The molecule has 0 fully saturated rings. The molecule has 2 N–H and O–H groups in total. The van der Waals surface area contributed by atoms with Crippen LogP contribution < -0.4 is 5.48 Å². The van der Waals surface area contributed by atoms with E-state index in [2.05, 4.69) is 6.08 Å². The highest BCUT2D eigenvalue weighted by atomic mass is 16.5. The third kappa shape index (κ3) is 1.57. The minimum absolute atomic E-state index is 0.0185. The molecule has 0 aliphatic heterocycles. The summed E-state index contributed by atoms with van der Waals surface area (Å²) < 4.78 is 0. The lowest BCUT2D eigenvalue weighted by atomic mass is 9.94. The molecule has 1 atom stereocenters. The van der Waals surface area contributed by atoms with Crippen LogP contribution in [-0.4, -0.2) is 11.1 Å². The van der Waals surface area contributed by atoms with Crippen LogP contribution in [0, 0.1) is 5.92 Å². The van der Waals surface area contributed by atoms with Crippen LogP contribution in [0.4, 0.5) is 0 Å². The van der Waals surface area contributed by atoms with Crippen LogP contribution >= 0.6 is 0 Å². The maximum Gasteiger partial charge on any atom is 0.246 e. The summed E-state index contributed by atoms with van der Waals surface area (Å²) in [7, 11) is 0. The third-order valence-corrected chi connectivity index (χ3v) is 1.75. The number of nitrogens with one attached hydrogen (secondary N) is 1.